The van der Waals surface area contributed by atoms with Gasteiger partial charge in [0.15, 0.2) is 0 Å². The molecule has 0 saturated carbocycles. The summed E-state index contributed by atoms with van der Waals surface area (Å²) in [6.45, 7) is 1.96. The van der Waals surface area contributed by atoms with Crippen LogP contribution in [-0.2, 0) is 0 Å². The van der Waals surface area contributed by atoms with Crippen LogP contribution in [0.15, 0.2) is 24.5 Å². The van der Waals surface area contributed by atoms with E-state index >= 15 is 0 Å². The number of hydrogen-bond acceptors (Lipinski definition) is 4. The molecule has 1 aromatic heterocycles. The van der Waals surface area contributed by atoms with Crippen molar-refractivity contribution in [3.63, 3.8) is 0 Å². The number of nitrogens with two attached hydrogens (primary N) is 1. The molecule has 1 atom stereocenters. The van der Waals surface area contributed by atoms with Crippen molar-refractivity contribution >= 4 is 23.0 Å². The van der Waals surface area contributed by atoms with Crippen molar-refractivity contribution in [1.82, 2.24) is 15.2 Å². The predicted octanol–water partition coefficient (Wildman–Crippen LogP) is 2.21. The number of H-pyrrole nitrogens is 1. The molecular formula is C10H12ClN5. The third-order valence-electron chi connectivity index (χ3n) is 2.23. The molecule has 1 heterocycles. The Kier molecular flexibility index (Phi) is 2.96. The maximum absolute atomic E-state index is 5.89. The van der Waals surface area contributed by atoms with Crippen LogP contribution in [0, 0.1) is 0 Å². The van der Waals surface area contributed by atoms with Gasteiger partial charge in [-0.05, 0) is 25.1 Å². The SMILES string of the molecule is CC(Nc1cc(Cl)ccc1N)c1ncn[nH]1. The smallest absolute Gasteiger partial charge is 0.146 e. The van der Waals surface area contributed by atoms with Gasteiger partial charge >= 0.3 is 0 Å². The molecule has 16 heavy (non-hydrogen) atoms. The number of nitrogens with one attached hydrogen (secondary N) is 2. The van der Waals surface area contributed by atoms with E-state index in [0.717, 1.165) is 11.5 Å². The monoisotopic (exact) mass is 237 g/mol. The molecule has 84 valence electrons. The molecule has 0 radical (unpaired) electrons. The zero-order valence-corrected chi connectivity index (χ0v) is 9.49. The van der Waals surface area contributed by atoms with E-state index in [9.17, 15) is 0 Å². The van der Waals surface area contributed by atoms with Crippen molar-refractivity contribution in [3.05, 3.63) is 35.4 Å². The van der Waals surface area contributed by atoms with Crippen molar-refractivity contribution in [1.29, 1.82) is 0 Å². The summed E-state index contributed by atoms with van der Waals surface area (Å²) in [5.41, 5.74) is 7.26. The molecule has 1 unspecified atom stereocenters. The summed E-state index contributed by atoms with van der Waals surface area (Å²) in [5.74, 6) is 0.749. The van der Waals surface area contributed by atoms with Gasteiger partial charge in [0.25, 0.3) is 0 Å². The van der Waals surface area contributed by atoms with Crippen LogP contribution >= 0.6 is 11.6 Å². The number of nitrogens with zero attached hydrogens (tertiary/aromatic N) is 2. The van der Waals surface area contributed by atoms with Gasteiger partial charge in [0, 0.05) is 5.02 Å². The van der Waals surface area contributed by atoms with Crippen LogP contribution < -0.4 is 11.1 Å². The Balaban J connectivity index is 2.17. The molecule has 0 spiro atoms. The van der Waals surface area contributed by atoms with E-state index in [4.69, 9.17) is 17.3 Å². The zero-order chi connectivity index (χ0) is 11.5. The van der Waals surface area contributed by atoms with Crippen LogP contribution in [0.3, 0.4) is 0 Å². The number of rotatable bonds is 3. The fourth-order valence-electron chi connectivity index (χ4n) is 1.38. The summed E-state index contributed by atoms with van der Waals surface area (Å²) in [4.78, 5) is 4.06. The van der Waals surface area contributed by atoms with Crippen molar-refractivity contribution in [2.45, 2.75) is 13.0 Å². The van der Waals surface area contributed by atoms with Gasteiger partial charge in [-0.15, -0.1) is 0 Å². The first-order chi connectivity index (χ1) is 7.66. The topological polar surface area (TPSA) is 79.6 Å². The van der Waals surface area contributed by atoms with Crippen LogP contribution in [0.4, 0.5) is 11.4 Å². The molecule has 0 fully saturated rings. The predicted molar refractivity (Wildman–Crippen MR) is 64.3 cm³/mol. The number of aromatic nitrogens is 3. The van der Waals surface area contributed by atoms with Crippen LogP contribution in [0.1, 0.15) is 18.8 Å². The first-order valence-corrected chi connectivity index (χ1v) is 5.21. The standard InChI is InChI=1S/C10H12ClN5/c1-6(10-13-5-14-16-10)15-9-4-7(11)2-3-8(9)12/h2-6,15H,12H2,1H3,(H,13,14,16). The molecule has 1 aromatic carbocycles. The largest absolute Gasteiger partial charge is 0.397 e. The highest BCUT2D eigenvalue weighted by atomic mass is 35.5. The maximum atomic E-state index is 5.89. The van der Waals surface area contributed by atoms with Gasteiger partial charge in [-0.2, -0.15) is 5.10 Å². The molecule has 5 nitrogen and oxygen atoms in total. The number of aromatic amines is 1. The van der Waals surface area contributed by atoms with Crippen molar-refractivity contribution < 1.29 is 0 Å². The fraction of sp³-hybridized carbons (Fsp3) is 0.200. The molecular weight excluding hydrogens is 226 g/mol. The molecule has 6 heteroatoms. The highest BCUT2D eigenvalue weighted by Crippen LogP contribution is 2.25. The van der Waals surface area contributed by atoms with Crippen LogP contribution in [-0.4, -0.2) is 15.2 Å². The third kappa shape index (κ3) is 2.25. The second kappa shape index (κ2) is 4.40. The molecule has 2 rings (SSSR count). The molecule has 0 saturated heterocycles. The summed E-state index contributed by atoms with van der Waals surface area (Å²) in [5, 5.41) is 10.4. The molecule has 0 bridgehead atoms. The van der Waals surface area contributed by atoms with E-state index < -0.39 is 0 Å². The molecule has 2 aromatic rings. The fourth-order valence-corrected chi connectivity index (χ4v) is 1.55. The second-order valence-electron chi connectivity index (χ2n) is 3.47. The Morgan fingerprint density at radius 3 is 3.00 bits per heavy atom. The lowest BCUT2D eigenvalue weighted by Gasteiger charge is -2.14. The minimum Gasteiger partial charge on any atom is -0.397 e. The number of hydrogen-bond donors (Lipinski definition) is 3. The molecule has 0 aliphatic rings. The Morgan fingerprint density at radius 1 is 1.50 bits per heavy atom. The Morgan fingerprint density at radius 2 is 2.31 bits per heavy atom. The van der Waals surface area contributed by atoms with Crippen molar-refractivity contribution in [3.8, 4) is 0 Å². The van der Waals surface area contributed by atoms with Gasteiger partial charge in [0.05, 0.1) is 17.4 Å². The summed E-state index contributed by atoms with van der Waals surface area (Å²) in [6, 6.07) is 5.28. The third-order valence-corrected chi connectivity index (χ3v) is 2.47. The minimum atomic E-state index is -0.0109. The highest BCUT2D eigenvalue weighted by molar-refractivity contribution is 6.31. The van der Waals surface area contributed by atoms with E-state index in [1.165, 1.54) is 6.33 Å². The zero-order valence-electron chi connectivity index (χ0n) is 8.74. The quantitative estimate of drug-likeness (QED) is 0.715. The maximum Gasteiger partial charge on any atom is 0.146 e. The summed E-state index contributed by atoms with van der Waals surface area (Å²) < 4.78 is 0. The lowest BCUT2D eigenvalue weighted by atomic mass is 10.2. The van der Waals surface area contributed by atoms with E-state index in [0.29, 0.717) is 10.7 Å². The average molecular weight is 238 g/mol. The normalized spacial score (nSPS) is 12.4. The van der Waals surface area contributed by atoms with Crippen LogP contribution in [0.5, 0.6) is 0 Å². The number of halogens is 1. The number of anilines is 2. The van der Waals surface area contributed by atoms with Gasteiger partial charge in [-0.3, -0.25) is 5.10 Å². The van der Waals surface area contributed by atoms with E-state index in [-0.39, 0.29) is 6.04 Å². The molecule has 4 N–H and O–H groups in total. The van der Waals surface area contributed by atoms with E-state index in [1.807, 2.05) is 6.92 Å². The second-order valence-corrected chi connectivity index (χ2v) is 3.90. The Hall–Kier alpha value is -1.75. The average Bonchev–Trinajstić information content (AvgIpc) is 2.76. The molecule has 0 amide bonds. The summed E-state index contributed by atoms with van der Waals surface area (Å²) in [7, 11) is 0. The van der Waals surface area contributed by atoms with Gasteiger partial charge in [0.2, 0.25) is 0 Å². The van der Waals surface area contributed by atoms with Gasteiger partial charge in [0.1, 0.15) is 12.2 Å². The molecule has 0 aliphatic heterocycles. The summed E-state index contributed by atoms with van der Waals surface area (Å²) in [6.07, 6.45) is 1.47. The lowest BCUT2D eigenvalue weighted by molar-refractivity contribution is 0.796. The van der Waals surface area contributed by atoms with Crippen LogP contribution in [0.25, 0.3) is 0 Å². The van der Waals surface area contributed by atoms with Crippen molar-refractivity contribution in [2.75, 3.05) is 11.1 Å². The van der Waals surface area contributed by atoms with Crippen LogP contribution in [0.2, 0.25) is 5.02 Å². The lowest BCUT2D eigenvalue weighted by Crippen LogP contribution is -2.10. The van der Waals surface area contributed by atoms with E-state index in [1.54, 1.807) is 18.2 Å². The van der Waals surface area contributed by atoms with Gasteiger partial charge in [-0.1, -0.05) is 11.6 Å². The van der Waals surface area contributed by atoms with Crippen molar-refractivity contribution in [2.24, 2.45) is 0 Å². The first kappa shape index (κ1) is 10.8. The highest BCUT2D eigenvalue weighted by Gasteiger charge is 2.09. The Bertz CT molecular complexity index is 468. The minimum absolute atomic E-state index is 0.0109. The molecule has 0 aliphatic carbocycles. The summed E-state index contributed by atoms with van der Waals surface area (Å²) >= 11 is 5.89. The van der Waals surface area contributed by atoms with Gasteiger partial charge < -0.3 is 11.1 Å². The van der Waals surface area contributed by atoms with E-state index in [2.05, 4.69) is 20.5 Å². The first-order valence-electron chi connectivity index (χ1n) is 4.83. The van der Waals surface area contributed by atoms with Gasteiger partial charge in [-0.25, -0.2) is 4.98 Å². The number of benzene rings is 1. The Labute approximate surface area is 98.0 Å². The number of nitrogen functional groups attached to an aromatic ring is 1.